The van der Waals surface area contributed by atoms with E-state index in [1.807, 2.05) is 0 Å². The third kappa shape index (κ3) is 2.16. The first-order valence-corrected chi connectivity index (χ1v) is 3.96. The minimum absolute atomic E-state index is 0.370. The van der Waals surface area contributed by atoms with Gasteiger partial charge in [-0.1, -0.05) is 0 Å². The summed E-state index contributed by atoms with van der Waals surface area (Å²) in [5.74, 6) is -0.370. The van der Waals surface area contributed by atoms with E-state index in [4.69, 9.17) is 9.84 Å². The molecule has 1 rings (SSSR count). The summed E-state index contributed by atoms with van der Waals surface area (Å²) in [5, 5.41) is 29.6. The Morgan fingerprint density at radius 1 is 1.54 bits per heavy atom. The Hall–Kier alpha value is -0.690. The van der Waals surface area contributed by atoms with Crippen LogP contribution in [-0.2, 0) is 9.53 Å². The summed E-state index contributed by atoms with van der Waals surface area (Å²) in [6, 6.07) is -0.866. The Bertz CT molecular complexity index is 197. The maximum atomic E-state index is 10.6. The summed E-state index contributed by atoms with van der Waals surface area (Å²) < 4.78 is 4.78. The van der Waals surface area contributed by atoms with E-state index in [-0.39, 0.29) is 5.91 Å². The predicted octanol–water partition coefficient (Wildman–Crippen LogP) is -2.44. The number of ether oxygens (including phenoxy) is 1. The van der Waals surface area contributed by atoms with Gasteiger partial charge >= 0.3 is 0 Å². The van der Waals surface area contributed by atoms with E-state index in [1.54, 1.807) is 0 Å². The van der Waals surface area contributed by atoms with E-state index in [2.05, 4.69) is 5.32 Å². The van der Waals surface area contributed by atoms with Crippen LogP contribution in [0, 0.1) is 0 Å². The first-order chi connectivity index (χ1) is 6.06. The summed E-state index contributed by atoms with van der Waals surface area (Å²) in [6.07, 6.45) is -3.19. The van der Waals surface area contributed by atoms with Crippen LogP contribution in [0.3, 0.4) is 0 Å². The highest BCUT2D eigenvalue weighted by Gasteiger charge is 2.42. The van der Waals surface area contributed by atoms with Gasteiger partial charge in [-0.05, 0) is 0 Å². The second-order valence-electron chi connectivity index (χ2n) is 2.96. The number of hydrogen-bond donors (Lipinski definition) is 4. The van der Waals surface area contributed by atoms with Gasteiger partial charge in [-0.3, -0.25) is 4.79 Å². The third-order valence-corrected chi connectivity index (χ3v) is 1.92. The van der Waals surface area contributed by atoms with Gasteiger partial charge in [0.05, 0.1) is 6.61 Å². The van der Waals surface area contributed by atoms with E-state index in [0.717, 1.165) is 0 Å². The van der Waals surface area contributed by atoms with Crippen LogP contribution < -0.4 is 5.32 Å². The minimum Gasteiger partial charge on any atom is -0.394 e. The predicted molar refractivity (Wildman–Crippen MR) is 41.6 cm³/mol. The summed E-state index contributed by atoms with van der Waals surface area (Å²) >= 11 is 0. The van der Waals surface area contributed by atoms with Crippen LogP contribution in [0.25, 0.3) is 0 Å². The fourth-order valence-corrected chi connectivity index (χ4v) is 1.29. The normalized spacial score (nSPS) is 39.1. The lowest BCUT2D eigenvalue weighted by atomic mass is 10.1. The number of amides is 1. The van der Waals surface area contributed by atoms with E-state index >= 15 is 0 Å². The molecule has 1 saturated heterocycles. The van der Waals surface area contributed by atoms with Gasteiger partial charge in [-0.15, -0.1) is 0 Å². The van der Waals surface area contributed by atoms with Gasteiger partial charge in [-0.2, -0.15) is 0 Å². The Morgan fingerprint density at radius 3 is 2.54 bits per heavy atom. The lowest BCUT2D eigenvalue weighted by Gasteiger charge is -2.17. The van der Waals surface area contributed by atoms with Gasteiger partial charge in [-0.25, -0.2) is 0 Å². The molecule has 0 aromatic carbocycles. The molecule has 4 atom stereocenters. The molecule has 0 spiro atoms. The van der Waals surface area contributed by atoms with Crippen molar-refractivity contribution in [3.8, 4) is 0 Å². The Balaban J connectivity index is 2.58. The zero-order valence-electron chi connectivity index (χ0n) is 7.17. The highest BCUT2D eigenvalue weighted by atomic mass is 16.6. The first-order valence-electron chi connectivity index (χ1n) is 3.96. The molecule has 0 bridgehead atoms. The van der Waals surface area contributed by atoms with Gasteiger partial charge in [0.15, 0.2) is 6.29 Å². The van der Waals surface area contributed by atoms with Crippen molar-refractivity contribution in [3.63, 3.8) is 0 Å². The Morgan fingerprint density at radius 2 is 2.15 bits per heavy atom. The van der Waals surface area contributed by atoms with E-state index < -0.39 is 31.1 Å². The van der Waals surface area contributed by atoms with E-state index in [1.165, 1.54) is 6.92 Å². The van der Waals surface area contributed by atoms with Crippen LogP contribution in [0.15, 0.2) is 0 Å². The second kappa shape index (κ2) is 4.01. The van der Waals surface area contributed by atoms with Crippen LogP contribution >= 0.6 is 0 Å². The van der Waals surface area contributed by atoms with Gasteiger partial charge in [0.1, 0.15) is 18.2 Å². The molecule has 1 fully saturated rings. The van der Waals surface area contributed by atoms with Crippen LogP contribution in [-0.4, -0.2) is 52.4 Å². The van der Waals surface area contributed by atoms with Gasteiger partial charge in [0.2, 0.25) is 5.91 Å². The molecule has 13 heavy (non-hydrogen) atoms. The smallest absolute Gasteiger partial charge is 0.217 e. The number of aliphatic hydroxyl groups excluding tert-OH is 3. The molecule has 6 nitrogen and oxygen atoms in total. The molecule has 0 aliphatic carbocycles. The zero-order valence-corrected chi connectivity index (χ0v) is 7.17. The van der Waals surface area contributed by atoms with Crippen molar-refractivity contribution in [1.29, 1.82) is 0 Å². The van der Waals surface area contributed by atoms with Crippen molar-refractivity contribution in [2.75, 3.05) is 6.61 Å². The van der Waals surface area contributed by atoms with Gasteiger partial charge < -0.3 is 25.4 Å². The molecular weight excluding hydrogens is 178 g/mol. The Kier molecular flexibility index (Phi) is 3.21. The summed E-state index contributed by atoms with van der Waals surface area (Å²) in [6.45, 7) is 0.875. The van der Waals surface area contributed by atoms with E-state index in [9.17, 15) is 15.0 Å². The van der Waals surface area contributed by atoms with Crippen molar-refractivity contribution in [2.45, 2.75) is 31.5 Å². The average Bonchev–Trinajstić information content (AvgIpc) is 2.31. The SMILES string of the molecule is CC(=O)N[C@H]1[C@H](O)[C@@H](CO)O[C@@H]1O. The number of carbonyl (C=O) groups is 1. The number of rotatable bonds is 2. The molecule has 0 aromatic rings. The molecule has 4 N–H and O–H groups in total. The van der Waals surface area contributed by atoms with Crippen LogP contribution in [0.1, 0.15) is 6.92 Å². The summed E-state index contributed by atoms with van der Waals surface area (Å²) in [4.78, 5) is 10.6. The van der Waals surface area contributed by atoms with Crippen molar-refractivity contribution in [3.05, 3.63) is 0 Å². The largest absolute Gasteiger partial charge is 0.394 e. The topological polar surface area (TPSA) is 99.0 Å². The monoisotopic (exact) mass is 191 g/mol. The number of nitrogens with one attached hydrogen (secondary N) is 1. The van der Waals surface area contributed by atoms with Crippen molar-refractivity contribution < 1.29 is 24.9 Å². The van der Waals surface area contributed by atoms with Crippen molar-refractivity contribution in [2.24, 2.45) is 0 Å². The third-order valence-electron chi connectivity index (χ3n) is 1.92. The highest BCUT2D eigenvalue weighted by Crippen LogP contribution is 2.18. The zero-order chi connectivity index (χ0) is 10.0. The summed E-state index contributed by atoms with van der Waals surface area (Å²) in [5.41, 5.74) is 0. The standard InChI is InChI=1S/C7H13NO5/c1-3(10)8-5-6(11)4(2-9)13-7(5)12/h4-7,9,11-12H,2H2,1H3,(H,8,10)/t4-,5+,6-,7+/m1/s1. The molecule has 1 heterocycles. The molecule has 1 aliphatic heterocycles. The highest BCUT2D eigenvalue weighted by molar-refractivity contribution is 5.73. The van der Waals surface area contributed by atoms with Crippen LogP contribution in [0.5, 0.6) is 0 Å². The quantitative estimate of drug-likeness (QED) is 0.388. The van der Waals surface area contributed by atoms with E-state index in [0.29, 0.717) is 0 Å². The minimum atomic E-state index is -1.27. The maximum absolute atomic E-state index is 10.6. The van der Waals surface area contributed by atoms with Crippen LogP contribution in [0.4, 0.5) is 0 Å². The molecular formula is C7H13NO5. The molecule has 76 valence electrons. The lowest BCUT2D eigenvalue weighted by Crippen LogP contribution is -2.47. The number of hydrogen-bond acceptors (Lipinski definition) is 5. The van der Waals surface area contributed by atoms with Crippen molar-refractivity contribution >= 4 is 5.91 Å². The summed E-state index contributed by atoms with van der Waals surface area (Å²) in [7, 11) is 0. The first kappa shape index (κ1) is 10.4. The molecule has 0 unspecified atom stereocenters. The number of aliphatic hydroxyl groups is 3. The molecule has 0 radical (unpaired) electrons. The lowest BCUT2D eigenvalue weighted by molar-refractivity contribution is -0.127. The Labute approximate surface area is 75.1 Å². The van der Waals surface area contributed by atoms with Crippen LogP contribution in [0.2, 0.25) is 0 Å². The molecule has 0 saturated carbocycles. The second-order valence-corrected chi connectivity index (χ2v) is 2.96. The fraction of sp³-hybridized carbons (Fsp3) is 0.857. The average molecular weight is 191 g/mol. The molecule has 1 amide bonds. The van der Waals surface area contributed by atoms with Gasteiger partial charge in [0.25, 0.3) is 0 Å². The molecule has 0 aromatic heterocycles. The number of carbonyl (C=O) groups excluding carboxylic acids is 1. The fourth-order valence-electron chi connectivity index (χ4n) is 1.29. The van der Waals surface area contributed by atoms with Gasteiger partial charge in [0, 0.05) is 6.92 Å². The molecule has 1 aliphatic rings. The maximum Gasteiger partial charge on any atom is 0.217 e. The molecule has 6 heteroatoms. The van der Waals surface area contributed by atoms with Crippen molar-refractivity contribution in [1.82, 2.24) is 5.32 Å².